The predicted molar refractivity (Wildman–Crippen MR) is 80.6 cm³/mol. The van der Waals surface area contributed by atoms with Crippen LogP contribution in [-0.2, 0) is 12.8 Å². The van der Waals surface area contributed by atoms with Crippen LogP contribution in [0.3, 0.4) is 0 Å². The zero-order chi connectivity index (χ0) is 13.8. The first-order chi connectivity index (χ1) is 9.84. The van der Waals surface area contributed by atoms with Gasteiger partial charge in [0.05, 0.1) is 19.0 Å². The zero-order valence-electron chi connectivity index (χ0n) is 11.8. The molecule has 1 fully saturated rings. The van der Waals surface area contributed by atoms with E-state index < -0.39 is 0 Å². The van der Waals surface area contributed by atoms with Gasteiger partial charge in [0.25, 0.3) is 0 Å². The van der Waals surface area contributed by atoms with Crippen molar-refractivity contribution in [3.8, 4) is 0 Å². The summed E-state index contributed by atoms with van der Waals surface area (Å²) in [4.78, 5) is 0. The van der Waals surface area contributed by atoms with Crippen molar-refractivity contribution in [2.75, 3.05) is 13.1 Å². The van der Waals surface area contributed by atoms with Crippen LogP contribution in [0.5, 0.6) is 0 Å². The maximum atomic E-state index is 4.42. The van der Waals surface area contributed by atoms with Crippen molar-refractivity contribution in [3.63, 3.8) is 0 Å². The first kappa shape index (κ1) is 13.6. The fourth-order valence-corrected chi connectivity index (χ4v) is 3.58. The molecule has 5 heteroatoms. The van der Waals surface area contributed by atoms with E-state index in [0.29, 0.717) is 5.92 Å². The van der Waals surface area contributed by atoms with E-state index in [9.17, 15) is 0 Å². The average molecular weight is 289 g/mol. The highest BCUT2D eigenvalue weighted by Crippen LogP contribution is 2.25. The number of thioether (sulfide) groups is 1. The molecule has 20 heavy (non-hydrogen) atoms. The summed E-state index contributed by atoms with van der Waals surface area (Å²) in [5.41, 5.74) is 1.33. The van der Waals surface area contributed by atoms with Gasteiger partial charge in [0.2, 0.25) is 0 Å². The minimum atomic E-state index is 0.562. The van der Waals surface area contributed by atoms with Gasteiger partial charge >= 0.3 is 0 Å². The Morgan fingerprint density at radius 3 is 2.90 bits per heavy atom. The van der Waals surface area contributed by atoms with Crippen LogP contribution in [-0.4, -0.2) is 27.9 Å². The molecule has 2 heterocycles. The van der Waals surface area contributed by atoms with Crippen molar-refractivity contribution in [1.82, 2.24) is 14.8 Å². The molecule has 106 valence electrons. The van der Waals surface area contributed by atoms with Gasteiger partial charge in [-0.3, -0.25) is 0 Å². The quantitative estimate of drug-likeness (QED) is 0.869. The van der Waals surface area contributed by atoms with E-state index >= 15 is 0 Å². The van der Waals surface area contributed by atoms with Gasteiger partial charge < -0.3 is 9.88 Å². The van der Waals surface area contributed by atoms with Crippen LogP contribution in [0.25, 0.3) is 0 Å². The number of quaternary nitrogens is 1. The summed E-state index contributed by atoms with van der Waals surface area (Å²) in [5, 5.41) is 12.2. The lowest BCUT2D eigenvalue weighted by Gasteiger charge is -2.19. The number of nitrogens with zero attached hydrogens (tertiary/aromatic N) is 3. The first-order valence-corrected chi connectivity index (χ1v) is 8.21. The second-order valence-electron chi connectivity index (χ2n) is 5.33. The van der Waals surface area contributed by atoms with Crippen molar-refractivity contribution >= 4 is 11.8 Å². The minimum absolute atomic E-state index is 0.562. The monoisotopic (exact) mass is 289 g/mol. The molecule has 0 radical (unpaired) electrons. The average Bonchev–Trinajstić information content (AvgIpc) is 2.88. The Bertz CT molecular complexity index is 546. The van der Waals surface area contributed by atoms with Gasteiger partial charge in [0.15, 0.2) is 5.16 Å². The Morgan fingerprint density at radius 2 is 2.15 bits per heavy atom. The van der Waals surface area contributed by atoms with Crippen molar-refractivity contribution < 1.29 is 5.32 Å². The Balaban J connectivity index is 1.67. The molecule has 0 saturated carbocycles. The van der Waals surface area contributed by atoms with Crippen molar-refractivity contribution in [1.29, 1.82) is 0 Å². The molecule has 0 spiro atoms. The minimum Gasteiger partial charge on any atom is -0.346 e. The Kier molecular flexibility index (Phi) is 4.38. The van der Waals surface area contributed by atoms with Crippen molar-refractivity contribution in [3.05, 3.63) is 41.7 Å². The van der Waals surface area contributed by atoms with E-state index in [-0.39, 0.29) is 0 Å². The molecule has 1 aliphatic rings. The molecule has 0 bridgehead atoms. The van der Waals surface area contributed by atoms with E-state index in [1.807, 2.05) is 6.07 Å². The molecule has 2 N–H and O–H groups in total. The second kappa shape index (κ2) is 6.41. The molecule has 1 aromatic heterocycles. The van der Waals surface area contributed by atoms with Crippen LogP contribution in [0.1, 0.15) is 30.1 Å². The smallest absolute Gasteiger partial charge is 0.191 e. The third kappa shape index (κ3) is 3.04. The van der Waals surface area contributed by atoms with E-state index in [0.717, 1.165) is 23.3 Å². The summed E-state index contributed by atoms with van der Waals surface area (Å²) in [6, 6.07) is 10.5. The second-order valence-corrected chi connectivity index (χ2v) is 6.27. The highest BCUT2D eigenvalue weighted by Gasteiger charge is 2.23. The lowest BCUT2D eigenvalue weighted by molar-refractivity contribution is -0.665. The van der Waals surface area contributed by atoms with Gasteiger partial charge in [-0.15, -0.1) is 10.2 Å². The lowest BCUT2D eigenvalue weighted by atomic mass is 9.99. The van der Waals surface area contributed by atoms with Crippen LogP contribution in [0.2, 0.25) is 0 Å². The molecule has 3 rings (SSSR count). The number of nitrogens with two attached hydrogens (primary N) is 1. The normalized spacial score (nSPS) is 19.1. The maximum absolute atomic E-state index is 4.42. The highest BCUT2D eigenvalue weighted by molar-refractivity contribution is 7.98. The molecule has 0 unspecified atom stereocenters. The molecule has 4 nitrogen and oxygen atoms in total. The molecule has 1 aromatic carbocycles. The summed E-state index contributed by atoms with van der Waals surface area (Å²) >= 11 is 1.76. The number of benzene rings is 1. The van der Waals surface area contributed by atoms with Crippen LogP contribution < -0.4 is 5.32 Å². The van der Waals surface area contributed by atoms with Crippen LogP contribution in [0.4, 0.5) is 0 Å². The number of hydrogen-bond donors (Lipinski definition) is 1. The van der Waals surface area contributed by atoms with Gasteiger partial charge in [0.1, 0.15) is 5.82 Å². The largest absolute Gasteiger partial charge is 0.346 e. The molecule has 2 aromatic rings. The molecule has 1 aliphatic heterocycles. The molecule has 1 saturated heterocycles. The standard InChI is InChI=1S/C15H20N4S/c1-19-14(13-8-5-9-16-10-13)17-18-15(19)20-11-12-6-3-2-4-7-12/h2-4,6-7,13,16H,5,8-11H2,1H3/p+1/t13-/m1/s1. The number of rotatable bonds is 4. The SMILES string of the molecule is Cn1c(SCc2ccccc2)nnc1[C@@H]1CCC[NH2+]C1. The summed E-state index contributed by atoms with van der Waals surface area (Å²) < 4.78 is 2.18. The maximum Gasteiger partial charge on any atom is 0.191 e. The molecular formula is C15H21N4S+. The van der Waals surface area contributed by atoms with E-state index in [1.165, 1.54) is 24.9 Å². The molecule has 0 aliphatic carbocycles. The van der Waals surface area contributed by atoms with Gasteiger partial charge in [-0.1, -0.05) is 42.1 Å². The highest BCUT2D eigenvalue weighted by atomic mass is 32.2. The van der Waals surface area contributed by atoms with Gasteiger partial charge in [-0.05, 0) is 18.4 Å². The Labute approximate surface area is 124 Å². The fraction of sp³-hybridized carbons (Fsp3) is 0.467. The first-order valence-electron chi connectivity index (χ1n) is 7.22. The third-order valence-electron chi connectivity index (χ3n) is 3.86. The van der Waals surface area contributed by atoms with E-state index in [4.69, 9.17) is 0 Å². The summed E-state index contributed by atoms with van der Waals surface area (Å²) in [5.74, 6) is 2.66. The van der Waals surface area contributed by atoms with Gasteiger partial charge in [0, 0.05) is 12.8 Å². The van der Waals surface area contributed by atoms with Crippen molar-refractivity contribution in [2.45, 2.75) is 29.7 Å². The third-order valence-corrected chi connectivity index (χ3v) is 4.95. The van der Waals surface area contributed by atoms with Crippen molar-refractivity contribution in [2.24, 2.45) is 7.05 Å². The molecule has 1 atom stereocenters. The van der Waals surface area contributed by atoms with Gasteiger partial charge in [-0.25, -0.2) is 0 Å². The summed E-state index contributed by atoms with van der Waals surface area (Å²) in [6.45, 7) is 2.40. The number of piperidine rings is 1. The Hall–Kier alpha value is -1.33. The van der Waals surface area contributed by atoms with Crippen LogP contribution in [0.15, 0.2) is 35.5 Å². The molecular weight excluding hydrogens is 268 g/mol. The molecule has 0 amide bonds. The Morgan fingerprint density at radius 1 is 1.30 bits per heavy atom. The number of aromatic nitrogens is 3. The van der Waals surface area contributed by atoms with Crippen LogP contribution >= 0.6 is 11.8 Å². The van der Waals surface area contributed by atoms with E-state index in [2.05, 4.69) is 51.4 Å². The topological polar surface area (TPSA) is 47.3 Å². The zero-order valence-corrected chi connectivity index (χ0v) is 12.6. The van der Waals surface area contributed by atoms with Gasteiger partial charge in [-0.2, -0.15) is 0 Å². The number of hydrogen-bond acceptors (Lipinski definition) is 3. The lowest BCUT2D eigenvalue weighted by Crippen LogP contribution is -2.86. The summed E-state index contributed by atoms with van der Waals surface area (Å²) in [6.07, 6.45) is 2.52. The fourth-order valence-electron chi connectivity index (χ4n) is 2.71. The summed E-state index contributed by atoms with van der Waals surface area (Å²) in [7, 11) is 2.09. The predicted octanol–water partition coefficient (Wildman–Crippen LogP) is 1.55. The van der Waals surface area contributed by atoms with Crippen LogP contribution in [0, 0.1) is 0 Å². The van der Waals surface area contributed by atoms with E-state index in [1.54, 1.807) is 11.8 Å².